The van der Waals surface area contributed by atoms with E-state index in [4.69, 9.17) is 11.6 Å². The number of aromatic nitrogens is 1. The van der Waals surface area contributed by atoms with E-state index in [1.165, 1.54) is 0 Å². The van der Waals surface area contributed by atoms with Crippen molar-refractivity contribution in [1.29, 1.82) is 0 Å². The van der Waals surface area contributed by atoms with Crippen molar-refractivity contribution >= 4 is 61.1 Å². The third kappa shape index (κ3) is 3.47. The molecule has 1 aromatic heterocycles. The molecule has 0 aliphatic carbocycles. The Bertz CT molecular complexity index is 939. The second-order valence-corrected chi connectivity index (χ2v) is 7.78. The average Bonchev–Trinajstić information content (AvgIpc) is 2.91. The molecule has 8 heteroatoms. The fourth-order valence-electron chi connectivity index (χ4n) is 2.27. The van der Waals surface area contributed by atoms with Gasteiger partial charge in [-0.1, -0.05) is 35.9 Å². The highest BCUT2D eigenvalue weighted by Gasteiger charge is 2.16. The van der Waals surface area contributed by atoms with Gasteiger partial charge in [-0.25, -0.2) is 8.42 Å². The summed E-state index contributed by atoms with van der Waals surface area (Å²) in [6, 6.07) is 12.0. The third-order valence-corrected chi connectivity index (χ3v) is 5.49. The third-order valence-electron chi connectivity index (χ3n) is 3.41. The highest BCUT2D eigenvalue weighted by atomic mass is 127. The molecule has 3 N–H and O–H groups in total. The van der Waals surface area contributed by atoms with Crippen molar-refractivity contribution < 1.29 is 8.42 Å². The van der Waals surface area contributed by atoms with Crippen molar-refractivity contribution in [2.24, 2.45) is 0 Å². The predicted octanol–water partition coefficient (Wildman–Crippen LogP) is 4.06. The Labute approximate surface area is 153 Å². The van der Waals surface area contributed by atoms with Gasteiger partial charge >= 0.3 is 0 Å². The van der Waals surface area contributed by atoms with Crippen LogP contribution in [0, 0.1) is 0 Å². The number of para-hydroxylation sites is 1. The first-order valence-electron chi connectivity index (χ1n) is 6.72. The molecule has 0 aliphatic rings. The molecular formula is C15H13ClIN3O2S. The molecule has 0 atom stereocenters. The maximum atomic E-state index is 12.5. The summed E-state index contributed by atoms with van der Waals surface area (Å²) in [7, 11) is -3.66. The molecule has 5 nitrogen and oxygen atoms in total. The molecule has 0 spiro atoms. The Morgan fingerprint density at radius 2 is 1.87 bits per heavy atom. The summed E-state index contributed by atoms with van der Waals surface area (Å²) in [5, 5.41) is 1.33. The molecule has 120 valence electrons. The Kier molecular flexibility index (Phi) is 4.81. The van der Waals surface area contributed by atoms with E-state index in [9.17, 15) is 8.42 Å². The summed E-state index contributed by atoms with van der Waals surface area (Å²) in [5.74, 6) is 0. The molecule has 0 saturated carbocycles. The molecular weight excluding hydrogens is 449 g/mol. The number of H-pyrrole nitrogens is 1. The van der Waals surface area contributed by atoms with Crippen LogP contribution in [-0.4, -0.2) is 13.4 Å². The summed E-state index contributed by atoms with van der Waals surface area (Å²) in [6.45, 7) is 0.675. The van der Waals surface area contributed by atoms with Crippen LogP contribution in [0.5, 0.6) is 0 Å². The lowest BCUT2D eigenvalue weighted by molar-refractivity contribution is 0.601. The molecule has 0 saturated heterocycles. The van der Waals surface area contributed by atoms with Gasteiger partial charge in [-0.05, 0) is 23.8 Å². The van der Waals surface area contributed by atoms with E-state index in [0.29, 0.717) is 22.8 Å². The standard InChI is InChI=1S/C15H13ClIN3O2S/c16-13-9-18-15-12(13)2-1-3-14(15)20-23(21,22)11-6-4-10(5-7-11)8-19-17/h1-7,9,18-20H,8H2. The molecule has 2 aromatic carbocycles. The van der Waals surface area contributed by atoms with Crippen molar-refractivity contribution in [2.75, 3.05) is 4.72 Å². The maximum absolute atomic E-state index is 12.5. The largest absolute Gasteiger partial charge is 0.358 e. The van der Waals surface area contributed by atoms with Crippen LogP contribution in [0.3, 0.4) is 0 Å². The first kappa shape index (κ1) is 16.6. The first-order chi connectivity index (χ1) is 11.0. The van der Waals surface area contributed by atoms with Gasteiger partial charge in [0.15, 0.2) is 0 Å². The van der Waals surface area contributed by atoms with E-state index in [-0.39, 0.29) is 4.90 Å². The number of hydrogen-bond acceptors (Lipinski definition) is 3. The van der Waals surface area contributed by atoms with E-state index >= 15 is 0 Å². The fraction of sp³-hybridized carbons (Fsp3) is 0.0667. The van der Waals surface area contributed by atoms with Gasteiger partial charge in [0.2, 0.25) is 0 Å². The van der Waals surface area contributed by atoms with E-state index in [1.54, 1.807) is 42.6 Å². The number of rotatable bonds is 5. The molecule has 0 fully saturated rings. The maximum Gasteiger partial charge on any atom is 0.261 e. The van der Waals surface area contributed by atoms with Gasteiger partial charge in [0.1, 0.15) is 0 Å². The highest BCUT2D eigenvalue weighted by molar-refractivity contribution is 14.1. The zero-order chi connectivity index (χ0) is 16.4. The molecule has 0 amide bonds. The second-order valence-electron chi connectivity index (χ2n) is 4.92. The van der Waals surface area contributed by atoms with Crippen molar-refractivity contribution in [3.63, 3.8) is 0 Å². The highest BCUT2D eigenvalue weighted by Crippen LogP contribution is 2.29. The van der Waals surface area contributed by atoms with Gasteiger partial charge in [-0.15, -0.1) is 0 Å². The molecule has 0 aliphatic heterocycles. The Balaban J connectivity index is 1.93. The lowest BCUT2D eigenvalue weighted by atomic mass is 10.2. The monoisotopic (exact) mass is 461 g/mol. The number of hydrogen-bond donors (Lipinski definition) is 3. The molecule has 3 rings (SSSR count). The zero-order valence-corrected chi connectivity index (χ0v) is 15.5. The second kappa shape index (κ2) is 6.68. The normalized spacial score (nSPS) is 11.7. The number of fused-ring (bicyclic) bond motifs is 1. The topological polar surface area (TPSA) is 74.0 Å². The minimum absolute atomic E-state index is 0.212. The SMILES string of the molecule is O=S(=O)(Nc1cccc2c(Cl)c[nH]c12)c1ccc(CNI)cc1. The Morgan fingerprint density at radius 1 is 1.13 bits per heavy atom. The van der Waals surface area contributed by atoms with Crippen LogP contribution in [-0.2, 0) is 16.6 Å². The Morgan fingerprint density at radius 3 is 2.57 bits per heavy atom. The lowest BCUT2D eigenvalue weighted by Crippen LogP contribution is -2.13. The van der Waals surface area contributed by atoms with Crippen molar-refractivity contribution in [3.8, 4) is 0 Å². The van der Waals surface area contributed by atoms with Crippen LogP contribution in [0.25, 0.3) is 10.9 Å². The molecule has 0 unspecified atom stereocenters. The smallest absolute Gasteiger partial charge is 0.261 e. The summed E-state index contributed by atoms with van der Waals surface area (Å²) in [4.78, 5) is 3.20. The van der Waals surface area contributed by atoms with Gasteiger partial charge < -0.3 is 4.98 Å². The van der Waals surface area contributed by atoms with E-state index < -0.39 is 10.0 Å². The van der Waals surface area contributed by atoms with Gasteiger partial charge in [0.25, 0.3) is 10.0 Å². The Hall–Kier alpha value is -1.29. The fourth-order valence-corrected chi connectivity index (χ4v) is 4.00. The molecule has 23 heavy (non-hydrogen) atoms. The van der Waals surface area contributed by atoms with E-state index in [2.05, 4.69) is 13.2 Å². The number of benzene rings is 2. The minimum atomic E-state index is -3.66. The molecule has 1 heterocycles. The van der Waals surface area contributed by atoms with E-state index in [0.717, 1.165) is 10.9 Å². The average molecular weight is 462 g/mol. The van der Waals surface area contributed by atoms with Gasteiger partial charge in [-0.2, -0.15) is 0 Å². The van der Waals surface area contributed by atoms with Crippen LogP contribution in [0.2, 0.25) is 5.02 Å². The molecule has 0 bridgehead atoms. The number of nitrogens with one attached hydrogen (secondary N) is 3. The van der Waals surface area contributed by atoms with Crippen LogP contribution < -0.4 is 8.25 Å². The van der Waals surface area contributed by atoms with Crippen molar-refractivity contribution in [2.45, 2.75) is 11.4 Å². The van der Waals surface area contributed by atoms with Crippen molar-refractivity contribution in [3.05, 3.63) is 59.2 Å². The van der Waals surface area contributed by atoms with Gasteiger partial charge in [0, 0.05) is 41.0 Å². The quantitative estimate of drug-likeness (QED) is 0.396. The number of anilines is 1. The van der Waals surface area contributed by atoms with Crippen LogP contribution in [0.15, 0.2) is 53.6 Å². The van der Waals surface area contributed by atoms with Crippen molar-refractivity contribution in [1.82, 2.24) is 8.51 Å². The minimum Gasteiger partial charge on any atom is -0.358 e. The van der Waals surface area contributed by atoms with E-state index in [1.807, 2.05) is 28.9 Å². The predicted molar refractivity (Wildman–Crippen MR) is 101 cm³/mol. The van der Waals surface area contributed by atoms with Crippen LogP contribution in [0.4, 0.5) is 5.69 Å². The van der Waals surface area contributed by atoms with Gasteiger partial charge in [-0.3, -0.25) is 8.25 Å². The summed E-state index contributed by atoms with van der Waals surface area (Å²) in [5.41, 5.74) is 2.14. The first-order valence-corrected chi connectivity index (χ1v) is 9.66. The number of sulfonamides is 1. The van der Waals surface area contributed by atoms with Crippen LogP contribution >= 0.6 is 34.5 Å². The summed E-state index contributed by atoms with van der Waals surface area (Å²) < 4.78 is 30.7. The molecule has 3 aromatic rings. The summed E-state index contributed by atoms with van der Waals surface area (Å²) >= 11 is 8.11. The van der Waals surface area contributed by atoms with Gasteiger partial charge in [0.05, 0.1) is 21.1 Å². The summed E-state index contributed by atoms with van der Waals surface area (Å²) in [6.07, 6.45) is 1.63. The van der Waals surface area contributed by atoms with Crippen LogP contribution in [0.1, 0.15) is 5.56 Å². The number of aromatic amines is 1. The molecule has 0 radical (unpaired) electrons. The zero-order valence-electron chi connectivity index (χ0n) is 11.8. The number of halogens is 2. The lowest BCUT2D eigenvalue weighted by Gasteiger charge is -2.10.